The molecule has 4 rings (SSSR count). The molecule has 3 aromatic heterocycles. The average molecular weight is 497 g/mol. The van der Waals surface area contributed by atoms with Gasteiger partial charge in [0.15, 0.2) is 5.65 Å². The predicted molar refractivity (Wildman–Crippen MR) is 118 cm³/mol. The molecule has 1 aliphatic rings. The number of anilines is 2. The van der Waals surface area contributed by atoms with Crippen LogP contribution in [-0.4, -0.2) is 64.1 Å². The molecule has 35 heavy (non-hydrogen) atoms. The highest BCUT2D eigenvalue weighted by Gasteiger charge is 2.36. The minimum atomic E-state index is -4.53. The van der Waals surface area contributed by atoms with E-state index in [0.717, 1.165) is 17.0 Å². The molecule has 0 atom stereocenters. The highest BCUT2D eigenvalue weighted by atomic mass is 19.4. The van der Waals surface area contributed by atoms with E-state index < -0.39 is 30.3 Å². The van der Waals surface area contributed by atoms with Crippen molar-refractivity contribution in [3.8, 4) is 0 Å². The number of halogens is 5. The number of carbonyl (C=O) groups is 1. The summed E-state index contributed by atoms with van der Waals surface area (Å²) in [6.45, 7) is 0.761. The van der Waals surface area contributed by atoms with Gasteiger partial charge < -0.3 is 14.6 Å². The number of carbonyl (C=O) groups excluding carboxylic acids is 1. The predicted octanol–water partition coefficient (Wildman–Crippen LogP) is 3.82. The Labute approximate surface area is 197 Å². The Bertz CT molecular complexity index is 1170. The van der Waals surface area contributed by atoms with Crippen LogP contribution in [0.3, 0.4) is 0 Å². The maximum atomic E-state index is 13.0. The summed E-state index contributed by atoms with van der Waals surface area (Å²) in [5.74, 6) is 0.695. The number of aldehydes is 1. The van der Waals surface area contributed by atoms with Crippen LogP contribution in [-0.2, 0) is 17.5 Å². The van der Waals surface area contributed by atoms with Crippen molar-refractivity contribution in [3.05, 3.63) is 36.3 Å². The fraction of sp³-hybridized carbons (Fsp3) is 0.500. The molecule has 1 saturated heterocycles. The van der Waals surface area contributed by atoms with E-state index in [1.807, 2.05) is 4.90 Å². The molecule has 0 aromatic carbocycles. The van der Waals surface area contributed by atoms with E-state index in [4.69, 9.17) is 0 Å². The Morgan fingerprint density at radius 2 is 1.91 bits per heavy atom. The SMILES string of the molecule is CN(CCC1(C=O)CCN(c2cnc3cnn(CC(F)F)c3n2)CC1)c1cccc(C(F)(F)F)n1. The monoisotopic (exact) mass is 497 g/mol. The van der Waals surface area contributed by atoms with Crippen molar-refractivity contribution in [2.45, 2.75) is 38.4 Å². The lowest BCUT2D eigenvalue weighted by molar-refractivity contribution is -0.141. The summed E-state index contributed by atoms with van der Waals surface area (Å²) in [4.78, 5) is 28.0. The van der Waals surface area contributed by atoms with E-state index in [0.29, 0.717) is 50.2 Å². The molecule has 0 spiro atoms. The van der Waals surface area contributed by atoms with Crippen molar-refractivity contribution in [2.24, 2.45) is 5.41 Å². The Morgan fingerprint density at radius 3 is 2.57 bits per heavy atom. The summed E-state index contributed by atoms with van der Waals surface area (Å²) in [5.41, 5.74) is -0.917. The van der Waals surface area contributed by atoms with Crippen molar-refractivity contribution in [2.75, 3.05) is 36.5 Å². The zero-order valence-electron chi connectivity index (χ0n) is 18.9. The maximum absolute atomic E-state index is 13.0. The van der Waals surface area contributed by atoms with E-state index in [-0.39, 0.29) is 11.5 Å². The Morgan fingerprint density at radius 1 is 1.17 bits per heavy atom. The van der Waals surface area contributed by atoms with Gasteiger partial charge in [-0.2, -0.15) is 18.3 Å². The summed E-state index contributed by atoms with van der Waals surface area (Å²) < 4.78 is 65.6. The molecular weight excluding hydrogens is 473 g/mol. The molecule has 0 radical (unpaired) electrons. The lowest BCUT2D eigenvalue weighted by Crippen LogP contribution is -2.43. The van der Waals surface area contributed by atoms with Crippen molar-refractivity contribution in [3.63, 3.8) is 0 Å². The molecule has 1 fully saturated rings. The van der Waals surface area contributed by atoms with Crippen LogP contribution >= 0.6 is 0 Å². The van der Waals surface area contributed by atoms with Crippen LogP contribution in [0.15, 0.2) is 30.6 Å². The number of pyridine rings is 1. The molecule has 3 aromatic rings. The lowest BCUT2D eigenvalue weighted by atomic mass is 9.77. The number of fused-ring (bicyclic) bond motifs is 1. The zero-order chi connectivity index (χ0) is 25.2. The number of nitrogens with zero attached hydrogens (tertiary/aromatic N) is 7. The third-order valence-corrected chi connectivity index (χ3v) is 6.34. The van der Waals surface area contributed by atoms with Gasteiger partial charge in [0.2, 0.25) is 0 Å². The Balaban J connectivity index is 1.40. The topological polar surface area (TPSA) is 80.0 Å². The second-order valence-electron chi connectivity index (χ2n) is 8.67. The van der Waals surface area contributed by atoms with Gasteiger partial charge in [-0.05, 0) is 31.4 Å². The first kappa shape index (κ1) is 24.7. The van der Waals surface area contributed by atoms with Crippen molar-refractivity contribution in [1.29, 1.82) is 0 Å². The van der Waals surface area contributed by atoms with Crippen LogP contribution < -0.4 is 9.80 Å². The second-order valence-corrected chi connectivity index (χ2v) is 8.67. The van der Waals surface area contributed by atoms with E-state index in [1.54, 1.807) is 18.1 Å². The van der Waals surface area contributed by atoms with Gasteiger partial charge in [0, 0.05) is 32.1 Å². The Hall–Kier alpha value is -3.38. The highest BCUT2D eigenvalue weighted by molar-refractivity contribution is 5.71. The molecule has 8 nitrogen and oxygen atoms in total. The van der Waals surface area contributed by atoms with Gasteiger partial charge in [-0.3, -0.25) is 0 Å². The molecule has 1 aliphatic heterocycles. The summed E-state index contributed by atoms with van der Waals surface area (Å²) in [6, 6.07) is 3.72. The number of hydrogen-bond acceptors (Lipinski definition) is 7. The molecule has 4 heterocycles. The van der Waals surface area contributed by atoms with Gasteiger partial charge in [0.05, 0.1) is 12.4 Å². The number of rotatable bonds is 8. The second kappa shape index (κ2) is 9.70. The minimum Gasteiger partial charge on any atom is -0.360 e. The molecule has 0 unspecified atom stereocenters. The minimum absolute atomic E-state index is 0.183. The number of piperidine rings is 1. The third-order valence-electron chi connectivity index (χ3n) is 6.34. The number of hydrogen-bond donors (Lipinski definition) is 0. The molecule has 0 bridgehead atoms. The van der Waals surface area contributed by atoms with Crippen LogP contribution in [0.25, 0.3) is 11.2 Å². The van der Waals surface area contributed by atoms with Crippen LogP contribution in [0.2, 0.25) is 0 Å². The van der Waals surface area contributed by atoms with Gasteiger partial charge in [-0.25, -0.2) is 28.4 Å². The van der Waals surface area contributed by atoms with Gasteiger partial charge >= 0.3 is 6.18 Å². The zero-order valence-corrected chi connectivity index (χ0v) is 18.9. The first-order valence-electron chi connectivity index (χ1n) is 11.0. The molecule has 0 N–H and O–H groups in total. The Kier molecular flexibility index (Phi) is 6.86. The molecular formula is C22H24F5N7O. The van der Waals surface area contributed by atoms with Gasteiger partial charge in [-0.15, -0.1) is 0 Å². The smallest absolute Gasteiger partial charge is 0.360 e. The largest absolute Gasteiger partial charge is 0.433 e. The van der Waals surface area contributed by atoms with Crippen LogP contribution in [0, 0.1) is 5.41 Å². The fourth-order valence-electron chi connectivity index (χ4n) is 4.16. The summed E-state index contributed by atoms with van der Waals surface area (Å²) in [6.07, 6.45) is -1.77. The summed E-state index contributed by atoms with van der Waals surface area (Å²) in [5, 5.41) is 3.92. The van der Waals surface area contributed by atoms with E-state index >= 15 is 0 Å². The van der Waals surface area contributed by atoms with E-state index in [1.165, 1.54) is 18.3 Å². The first-order chi connectivity index (χ1) is 16.6. The molecule has 13 heteroatoms. The molecule has 0 amide bonds. The quantitative estimate of drug-likeness (QED) is 0.346. The van der Waals surface area contributed by atoms with Gasteiger partial charge in [0.1, 0.15) is 35.7 Å². The van der Waals surface area contributed by atoms with Crippen molar-refractivity contribution in [1.82, 2.24) is 24.7 Å². The summed E-state index contributed by atoms with van der Waals surface area (Å²) in [7, 11) is 1.64. The number of alkyl halides is 5. The standard InChI is InChI=1S/C22H24F5N7O/c1-32(18-4-2-3-16(30-18)22(25,26)27)8-5-21(14-35)6-9-33(10-7-21)19-12-28-15-11-29-34(13-17(23)24)20(15)31-19/h2-4,11-12,14,17H,5-10,13H2,1H3. The van der Waals surface area contributed by atoms with Crippen molar-refractivity contribution >= 4 is 29.1 Å². The first-order valence-corrected chi connectivity index (χ1v) is 11.0. The maximum Gasteiger partial charge on any atom is 0.433 e. The van der Waals surface area contributed by atoms with E-state index in [9.17, 15) is 26.7 Å². The fourth-order valence-corrected chi connectivity index (χ4v) is 4.16. The van der Waals surface area contributed by atoms with Crippen LogP contribution in [0.5, 0.6) is 0 Å². The highest BCUT2D eigenvalue weighted by Crippen LogP contribution is 2.35. The lowest BCUT2D eigenvalue weighted by Gasteiger charge is -2.39. The average Bonchev–Trinajstić information content (AvgIpc) is 3.23. The number of aromatic nitrogens is 5. The molecule has 0 aliphatic carbocycles. The van der Waals surface area contributed by atoms with Crippen molar-refractivity contribution < 1.29 is 26.7 Å². The van der Waals surface area contributed by atoms with Gasteiger partial charge in [0.25, 0.3) is 6.43 Å². The normalized spacial score (nSPS) is 16.1. The van der Waals surface area contributed by atoms with E-state index in [2.05, 4.69) is 20.1 Å². The van der Waals surface area contributed by atoms with Crippen LogP contribution in [0.4, 0.5) is 33.6 Å². The molecule has 0 saturated carbocycles. The third kappa shape index (κ3) is 5.49. The molecule has 188 valence electrons. The van der Waals surface area contributed by atoms with Crippen LogP contribution in [0.1, 0.15) is 25.0 Å². The summed E-state index contributed by atoms with van der Waals surface area (Å²) >= 11 is 0. The van der Waals surface area contributed by atoms with Gasteiger partial charge in [-0.1, -0.05) is 6.07 Å².